The van der Waals surface area contributed by atoms with Gasteiger partial charge in [-0.05, 0) is 34.5 Å². The number of hydrogen-bond acceptors (Lipinski definition) is 4. The molecule has 22 heavy (non-hydrogen) atoms. The molecule has 0 spiro atoms. The molecular weight excluding hydrogens is 366 g/mol. The highest BCUT2D eigenvalue weighted by Crippen LogP contribution is 2.21. The fraction of sp³-hybridized carbons (Fsp3) is 0.400. The van der Waals surface area contributed by atoms with Gasteiger partial charge < -0.3 is 4.90 Å². The Bertz CT molecular complexity index is 711. The highest BCUT2D eigenvalue weighted by atomic mass is 79.9. The average molecular weight is 384 g/mol. The van der Waals surface area contributed by atoms with Gasteiger partial charge in [-0.25, -0.2) is 4.68 Å². The van der Waals surface area contributed by atoms with Gasteiger partial charge in [0.05, 0.1) is 6.54 Å². The minimum absolute atomic E-state index is 0.171. The first-order valence-corrected chi connectivity index (χ1v) is 8.75. The Labute approximate surface area is 141 Å². The van der Waals surface area contributed by atoms with Crippen molar-refractivity contribution in [2.75, 3.05) is 7.05 Å². The Morgan fingerprint density at radius 2 is 2.23 bits per heavy atom. The number of amides is 1. The van der Waals surface area contributed by atoms with Crippen molar-refractivity contribution in [3.63, 3.8) is 0 Å². The molecule has 0 aliphatic carbocycles. The molecule has 2 aromatic rings. The first-order chi connectivity index (χ1) is 10.5. The second kappa shape index (κ2) is 7.69. The SMILES string of the molecule is CCCCn1nc(C(=O)N(C)Cc2cc(Br)cs2)ccc1=O. The number of thiophene rings is 1. The van der Waals surface area contributed by atoms with Crippen molar-refractivity contribution >= 4 is 33.2 Å². The maximum Gasteiger partial charge on any atom is 0.274 e. The van der Waals surface area contributed by atoms with Crippen LogP contribution >= 0.6 is 27.3 Å². The van der Waals surface area contributed by atoms with E-state index in [9.17, 15) is 9.59 Å². The Hall–Kier alpha value is -1.47. The van der Waals surface area contributed by atoms with Gasteiger partial charge in [-0.15, -0.1) is 11.3 Å². The number of unbranched alkanes of at least 4 members (excludes halogenated alkanes) is 1. The smallest absolute Gasteiger partial charge is 0.274 e. The molecule has 0 N–H and O–H groups in total. The molecular formula is C15H18BrN3O2S. The standard InChI is InChI=1S/C15H18BrN3O2S/c1-3-4-7-19-14(20)6-5-13(17-19)15(21)18(2)9-12-8-11(16)10-22-12/h5-6,8,10H,3-4,7,9H2,1-2H3. The van der Waals surface area contributed by atoms with Gasteiger partial charge >= 0.3 is 0 Å². The molecule has 0 radical (unpaired) electrons. The van der Waals surface area contributed by atoms with Gasteiger partial charge in [-0.2, -0.15) is 5.10 Å². The zero-order chi connectivity index (χ0) is 16.1. The Morgan fingerprint density at radius 3 is 2.86 bits per heavy atom. The lowest BCUT2D eigenvalue weighted by Crippen LogP contribution is -2.30. The number of nitrogens with zero attached hydrogens (tertiary/aromatic N) is 3. The van der Waals surface area contributed by atoms with Crippen LogP contribution in [-0.2, 0) is 13.1 Å². The fourth-order valence-corrected chi connectivity index (χ4v) is 3.47. The van der Waals surface area contributed by atoms with Crippen molar-refractivity contribution in [1.82, 2.24) is 14.7 Å². The molecule has 2 rings (SSSR count). The third-order valence-corrected chi connectivity index (χ3v) is 4.85. The number of carbonyl (C=O) groups excluding carboxylic acids is 1. The molecule has 0 aromatic carbocycles. The predicted octanol–water partition coefficient (Wildman–Crippen LogP) is 3.14. The van der Waals surface area contributed by atoms with Gasteiger partial charge in [0.25, 0.3) is 11.5 Å². The van der Waals surface area contributed by atoms with Crippen molar-refractivity contribution in [1.29, 1.82) is 0 Å². The predicted molar refractivity (Wildman–Crippen MR) is 91.2 cm³/mol. The summed E-state index contributed by atoms with van der Waals surface area (Å²) in [6, 6.07) is 4.89. The van der Waals surface area contributed by atoms with Gasteiger partial charge in [0.1, 0.15) is 5.69 Å². The molecule has 5 nitrogen and oxygen atoms in total. The third-order valence-electron chi connectivity index (χ3n) is 3.17. The van der Waals surface area contributed by atoms with Crippen LogP contribution in [-0.4, -0.2) is 27.6 Å². The molecule has 0 aliphatic heterocycles. The molecule has 0 aliphatic rings. The van der Waals surface area contributed by atoms with Crippen LogP contribution in [0, 0.1) is 0 Å². The van der Waals surface area contributed by atoms with E-state index in [1.54, 1.807) is 23.3 Å². The van der Waals surface area contributed by atoms with Crippen LogP contribution in [0.4, 0.5) is 0 Å². The Kier molecular flexibility index (Phi) is 5.90. The molecule has 2 aromatic heterocycles. The molecule has 0 saturated heterocycles. The zero-order valence-corrected chi connectivity index (χ0v) is 15.0. The van der Waals surface area contributed by atoms with E-state index in [1.807, 2.05) is 18.4 Å². The summed E-state index contributed by atoms with van der Waals surface area (Å²) in [6.45, 7) is 3.11. The molecule has 7 heteroatoms. The monoisotopic (exact) mass is 383 g/mol. The molecule has 118 valence electrons. The van der Waals surface area contributed by atoms with E-state index in [-0.39, 0.29) is 11.5 Å². The van der Waals surface area contributed by atoms with Crippen LogP contribution in [0.5, 0.6) is 0 Å². The van der Waals surface area contributed by atoms with E-state index in [1.165, 1.54) is 16.8 Å². The van der Waals surface area contributed by atoms with Crippen LogP contribution in [0.1, 0.15) is 35.1 Å². The number of aromatic nitrogens is 2. The summed E-state index contributed by atoms with van der Waals surface area (Å²) < 4.78 is 2.38. The van der Waals surface area contributed by atoms with Crippen LogP contribution in [0.15, 0.2) is 32.8 Å². The summed E-state index contributed by atoms with van der Waals surface area (Å²) in [5.41, 5.74) is 0.128. The summed E-state index contributed by atoms with van der Waals surface area (Å²) in [5, 5.41) is 6.17. The second-order valence-electron chi connectivity index (χ2n) is 5.03. The maximum atomic E-state index is 12.4. The van der Waals surface area contributed by atoms with E-state index in [0.717, 1.165) is 22.2 Å². The van der Waals surface area contributed by atoms with E-state index in [4.69, 9.17) is 0 Å². The van der Waals surface area contributed by atoms with Crippen molar-refractivity contribution < 1.29 is 4.79 Å². The maximum absolute atomic E-state index is 12.4. The highest BCUT2D eigenvalue weighted by Gasteiger charge is 2.15. The van der Waals surface area contributed by atoms with Crippen LogP contribution in [0.3, 0.4) is 0 Å². The summed E-state index contributed by atoms with van der Waals surface area (Å²) >= 11 is 4.99. The molecule has 0 bridgehead atoms. The lowest BCUT2D eigenvalue weighted by Gasteiger charge is -2.16. The molecule has 1 amide bonds. The van der Waals surface area contributed by atoms with Gasteiger partial charge in [-0.3, -0.25) is 9.59 Å². The summed E-state index contributed by atoms with van der Waals surface area (Å²) in [5.74, 6) is -0.185. The average Bonchev–Trinajstić information content (AvgIpc) is 2.90. The number of halogens is 1. The van der Waals surface area contributed by atoms with Crippen molar-refractivity contribution in [3.05, 3.63) is 49.0 Å². The molecule has 0 fully saturated rings. The molecule has 0 atom stereocenters. The molecule has 0 unspecified atom stereocenters. The van der Waals surface area contributed by atoms with Crippen molar-refractivity contribution in [3.8, 4) is 0 Å². The van der Waals surface area contributed by atoms with Crippen LogP contribution in [0.25, 0.3) is 0 Å². The topological polar surface area (TPSA) is 55.2 Å². The van der Waals surface area contributed by atoms with E-state index in [0.29, 0.717) is 18.8 Å². The first-order valence-electron chi connectivity index (χ1n) is 7.07. The van der Waals surface area contributed by atoms with Crippen LogP contribution in [0.2, 0.25) is 0 Å². The number of rotatable bonds is 6. The van der Waals surface area contributed by atoms with Crippen molar-refractivity contribution in [2.45, 2.75) is 32.9 Å². The minimum atomic E-state index is -0.185. The lowest BCUT2D eigenvalue weighted by atomic mass is 10.3. The molecule has 2 heterocycles. The van der Waals surface area contributed by atoms with Gasteiger partial charge in [0.15, 0.2) is 0 Å². The minimum Gasteiger partial charge on any atom is -0.335 e. The summed E-state index contributed by atoms with van der Waals surface area (Å²) in [4.78, 5) is 26.9. The van der Waals surface area contributed by atoms with Crippen molar-refractivity contribution in [2.24, 2.45) is 0 Å². The lowest BCUT2D eigenvalue weighted by molar-refractivity contribution is 0.0777. The van der Waals surface area contributed by atoms with Gasteiger partial charge in [0.2, 0.25) is 0 Å². The quantitative estimate of drug-likeness (QED) is 0.769. The van der Waals surface area contributed by atoms with Gasteiger partial charge in [0, 0.05) is 34.4 Å². The Balaban J connectivity index is 2.12. The Morgan fingerprint density at radius 1 is 1.45 bits per heavy atom. The number of aryl methyl sites for hydroxylation is 1. The van der Waals surface area contributed by atoms with Crippen LogP contribution < -0.4 is 5.56 Å². The largest absolute Gasteiger partial charge is 0.335 e. The normalized spacial score (nSPS) is 10.7. The zero-order valence-electron chi connectivity index (χ0n) is 12.6. The first kappa shape index (κ1) is 16.9. The van der Waals surface area contributed by atoms with E-state index in [2.05, 4.69) is 21.0 Å². The van der Waals surface area contributed by atoms with E-state index < -0.39 is 0 Å². The number of carbonyl (C=O) groups is 1. The van der Waals surface area contributed by atoms with Gasteiger partial charge in [-0.1, -0.05) is 13.3 Å². The summed E-state index contributed by atoms with van der Waals surface area (Å²) in [7, 11) is 1.74. The van der Waals surface area contributed by atoms with E-state index >= 15 is 0 Å². The second-order valence-corrected chi connectivity index (χ2v) is 6.94. The molecule has 0 saturated carbocycles. The highest BCUT2D eigenvalue weighted by molar-refractivity contribution is 9.10. The fourth-order valence-electron chi connectivity index (χ4n) is 1.97. The summed E-state index contributed by atoms with van der Waals surface area (Å²) in [6.07, 6.45) is 1.84. The third kappa shape index (κ3) is 4.27. The number of hydrogen-bond donors (Lipinski definition) is 0.